The Morgan fingerprint density at radius 2 is 2.00 bits per heavy atom. The third kappa shape index (κ3) is 3.48. The zero-order valence-electron chi connectivity index (χ0n) is 12.5. The topological polar surface area (TPSA) is 42.2 Å². The van der Waals surface area contributed by atoms with Gasteiger partial charge in [-0.2, -0.15) is 16.3 Å². The summed E-state index contributed by atoms with van der Waals surface area (Å²) in [7, 11) is 0. The second kappa shape index (κ2) is 6.22. The van der Waals surface area contributed by atoms with Gasteiger partial charge in [0.25, 0.3) is 0 Å². The SMILES string of the molecule is Fc1ccc(CN(Cc2nc(-c3ccsc3)no2)C2CC2)cc1. The van der Waals surface area contributed by atoms with E-state index in [-0.39, 0.29) is 5.82 Å². The molecule has 4 rings (SSSR count). The lowest BCUT2D eigenvalue weighted by molar-refractivity contribution is 0.209. The van der Waals surface area contributed by atoms with E-state index in [9.17, 15) is 4.39 Å². The van der Waals surface area contributed by atoms with Crippen molar-refractivity contribution in [3.05, 3.63) is 58.4 Å². The average Bonchev–Trinajstić information content (AvgIpc) is 3.07. The van der Waals surface area contributed by atoms with Crippen molar-refractivity contribution >= 4 is 11.3 Å². The van der Waals surface area contributed by atoms with E-state index >= 15 is 0 Å². The lowest BCUT2D eigenvalue weighted by Gasteiger charge is -2.19. The Morgan fingerprint density at radius 3 is 2.70 bits per heavy atom. The summed E-state index contributed by atoms with van der Waals surface area (Å²) in [5.74, 6) is 1.06. The summed E-state index contributed by atoms with van der Waals surface area (Å²) in [5, 5.41) is 8.06. The molecule has 0 aliphatic heterocycles. The van der Waals surface area contributed by atoms with Crippen LogP contribution in [0.15, 0.2) is 45.6 Å². The molecule has 0 amide bonds. The molecular formula is C17H16FN3OS. The van der Waals surface area contributed by atoms with E-state index in [1.807, 2.05) is 29.0 Å². The van der Waals surface area contributed by atoms with E-state index in [0.717, 1.165) is 17.7 Å². The summed E-state index contributed by atoms with van der Waals surface area (Å²) in [4.78, 5) is 6.80. The van der Waals surface area contributed by atoms with Crippen molar-refractivity contribution in [3.8, 4) is 11.4 Å². The lowest BCUT2D eigenvalue weighted by atomic mass is 10.2. The van der Waals surface area contributed by atoms with Gasteiger partial charge < -0.3 is 4.52 Å². The number of hydrogen-bond acceptors (Lipinski definition) is 5. The van der Waals surface area contributed by atoms with Gasteiger partial charge in [0.2, 0.25) is 11.7 Å². The second-order valence-corrected chi connectivity index (χ2v) is 6.57. The van der Waals surface area contributed by atoms with Crippen LogP contribution in [-0.4, -0.2) is 21.1 Å². The maximum atomic E-state index is 13.0. The van der Waals surface area contributed by atoms with Crippen LogP contribution in [0.5, 0.6) is 0 Å². The Balaban J connectivity index is 1.47. The lowest BCUT2D eigenvalue weighted by Crippen LogP contribution is -2.25. The van der Waals surface area contributed by atoms with Gasteiger partial charge in [-0.3, -0.25) is 4.90 Å². The molecule has 0 radical (unpaired) electrons. The van der Waals surface area contributed by atoms with Crippen molar-refractivity contribution in [3.63, 3.8) is 0 Å². The Hall–Kier alpha value is -2.05. The first-order valence-corrected chi connectivity index (χ1v) is 8.56. The number of thiophene rings is 1. The molecule has 0 bridgehead atoms. The summed E-state index contributed by atoms with van der Waals surface area (Å²) in [6.45, 7) is 1.39. The molecule has 23 heavy (non-hydrogen) atoms. The number of benzene rings is 1. The van der Waals surface area contributed by atoms with Gasteiger partial charge in [-0.15, -0.1) is 0 Å². The van der Waals surface area contributed by atoms with Crippen molar-refractivity contribution in [1.29, 1.82) is 0 Å². The summed E-state index contributed by atoms with van der Waals surface area (Å²) in [6.07, 6.45) is 2.37. The maximum Gasteiger partial charge on any atom is 0.241 e. The largest absolute Gasteiger partial charge is 0.338 e. The monoisotopic (exact) mass is 329 g/mol. The highest BCUT2D eigenvalue weighted by atomic mass is 32.1. The molecule has 118 valence electrons. The highest BCUT2D eigenvalue weighted by Gasteiger charge is 2.30. The molecule has 6 heteroatoms. The quantitative estimate of drug-likeness (QED) is 0.683. The molecular weight excluding hydrogens is 313 g/mol. The highest BCUT2D eigenvalue weighted by Crippen LogP contribution is 2.30. The number of hydrogen-bond donors (Lipinski definition) is 0. The van der Waals surface area contributed by atoms with Gasteiger partial charge in [0.1, 0.15) is 5.82 Å². The standard InChI is InChI=1S/C17H16FN3OS/c18-14-3-1-12(2-4-14)9-21(15-5-6-15)10-16-19-17(20-22-16)13-7-8-23-11-13/h1-4,7-8,11,15H,5-6,9-10H2. The summed E-state index contributed by atoms with van der Waals surface area (Å²) in [5.41, 5.74) is 2.08. The van der Waals surface area contributed by atoms with Crippen LogP contribution in [0.1, 0.15) is 24.3 Å². The molecule has 3 aromatic rings. The van der Waals surface area contributed by atoms with Crippen LogP contribution in [0.25, 0.3) is 11.4 Å². The highest BCUT2D eigenvalue weighted by molar-refractivity contribution is 7.08. The van der Waals surface area contributed by atoms with Gasteiger partial charge in [0, 0.05) is 23.5 Å². The molecule has 1 aliphatic carbocycles. The van der Waals surface area contributed by atoms with Crippen LogP contribution in [-0.2, 0) is 13.1 Å². The van der Waals surface area contributed by atoms with Crippen molar-refractivity contribution in [2.45, 2.75) is 32.0 Å². The fourth-order valence-electron chi connectivity index (χ4n) is 2.58. The van der Waals surface area contributed by atoms with E-state index in [2.05, 4.69) is 15.0 Å². The zero-order valence-corrected chi connectivity index (χ0v) is 13.3. The first-order chi connectivity index (χ1) is 11.3. The maximum absolute atomic E-state index is 13.0. The molecule has 2 heterocycles. The number of rotatable bonds is 6. The molecule has 1 saturated carbocycles. The van der Waals surface area contributed by atoms with Crippen molar-refractivity contribution in [1.82, 2.24) is 15.0 Å². The molecule has 1 aliphatic rings. The first-order valence-electron chi connectivity index (χ1n) is 7.61. The Morgan fingerprint density at radius 1 is 1.17 bits per heavy atom. The predicted molar refractivity (Wildman–Crippen MR) is 86.3 cm³/mol. The Bertz CT molecular complexity index is 766. The van der Waals surface area contributed by atoms with Crippen LogP contribution in [0.3, 0.4) is 0 Å². The van der Waals surface area contributed by atoms with Gasteiger partial charge in [0.05, 0.1) is 6.54 Å². The van der Waals surface area contributed by atoms with Crippen molar-refractivity contribution < 1.29 is 8.91 Å². The average molecular weight is 329 g/mol. The molecule has 1 aromatic carbocycles. The van der Waals surface area contributed by atoms with Crippen LogP contribution in [0.4, 0.5) is 4.39 Å². The summed E-state index contributed by atoms with van der Waals surface area (Å²) < 4.78 is 18.4. The molecule has 0 N–H and O–H groups in total. The van der Waals surface area contributed by atoms with Gasteiger partial charge in [-0.25, -0.2) is 4.39 Å². The number of aromatic nitrogens is 2. The minimum Gasteiger partial charge on any atom is -0.338 e. The normalized spacial score (nSPS) is 14.5. The molecule has 2 aromatic heterocycles. The third-order valence-electron chi connectivity index (χ3n) is 3.95. The Kier molecular flexibility index (Phi) is 3.93. The number of nitrogens with zero attached hydrogens (tertiary/aromatic N) is 3. The molecule has 4 nitrogen and oxygen atoms in total. The first kappa shape index (κ1) is 14.5. The molecule has 0 spiro atoms. The fraction of sp³-hybridized carbons (Fsp3) is 0.294. The number of halogens is 1. The smallest absolute Gasteiger partial charge is 0.241 e. The van der Waals surface area contributed by atoms with Gasteiger partial charge in [-0.1, -0.05) is 17.3 Å². The second-order valence-electron chi connectivity index (χ2n) is 5.79. The van der Waals surface area contributed by atoms with E-state index < -0.39 is 0 Å². The van der Waals surface area contributed by atoms with Gasteiger partial charge in [0.15, 0.2) is 0 Å². The summed E-state index contributed by atoms with van der Waals surface area (Å²) >= 11 is 1.61. The Labute approximate surface area is 137 Å². The van der Waals surface area contributed by atoms with E-state index in [1.54, 1.807) is 11.3 Å². The van der Waals surface area contributed by atoms with Gasteiger partial charge in [-0.05, 0) is 42.0 Å². The van der Waals surface area contributed by atoms with Crippen LogP contribution in [0, 0.1) is 5.82 Å². The van der Waals surface area contributed by atoms with Crippen molar-refractivity contribution in [2.75, 3.05) is 0 Å². The molecule has 0 saturated heterocycles. The third-order valence-corrected chi connectivity index (χ3v) is 4.63. The van der Waals surface area contributed by atoms with Crippen LogP contribution in [0.2, 0.25) is 0 Å². The zero-order chi connectivity index (χ0) is 15.6. The van der Waals surface area contributed by atoms with E-state index in [1.165, 1.54) is 25.0 Å². The predicted octanol–water partition coefficient (Wildman–Crippen LogP) is 4.10. The minimum absolute atomic E-state index is 0.205. The van der Waals surface area contributed by atoms with Gasteiger partial charge >= 0.3 is 0 Å². The molecule has 0 atom stereocenters. The molecule has 0 unspecified atom stereocenters. The van der Waals surface area contributed by atoms with Crippen LogP contribution < -0.4 is 0 Å². The minimum atomic E-state index is -0.205. The van der Waals surface area contributed by atoms with Crippen molar-refractivity contribution in [2.24, 2.45) is 0 Å². The molecule has 1 fully saturated rings. The van der Waals surface area contributed by atoms with E-state index in [4.69, 9.17) is 4.52 Å². The fourth-order valence-corrected chi connectivity index (χ4v) is 3.21. The van der Waals surface area contributed by atoms with Crippen LogP contribution >= 0.6 is 11.3 Å². The van der Waals surface area contributed by atoms with E-state index in [0.29, 0.717) is 24.3 Å². The summed E-state index contributed by atoms with van der Waals surface area (Å²) in [6, 6.07) is 9.20.